The molecule has 2 atom stereocenters. The molecule has 6 heteroatoms. The molecule has 5 nitrogen and oxygen atoms in total. The number of methoxy groups -OCH3 is 1. The van der Waals surface area contributed by atoms with Gasteiger partial charge in [-0.15, -0.1) is 0 Å². The van der Waals surface area contributed by atoms with E-state index >= 15 is 0 Å². The van der Waals surface area contributed by atoms with Crippen LogP contribution in [0.1, 0.15) is 43.5 Å². The highest BCUT2D eigenvalue weighted by Gasteiger charge is 2.28. The van der Waals surface area contributed by atoms with Gasteiger partial charge in [0.1, 0.15) is 0 Å². The normalized spacial score (nSPS) is 21.0. The summed E-state index contributed by atoms with van der Waals surface area (Å²) in [5.74, 6) is -0.428. The van der Waals surface area contributed by atoms with Crippen LogP contribution < -0.4 is 5.32 Å². The van der Waals surface area contributed by atoms with Crippen molar-refractivity contribution in [3.8, 4) is 0 Å². The van der Waals surface area contributed by atoms with E-state index < -0.39 is 5.97 Å². The number of hydrogen-bond donors (Lipinski definition) is 1. The van der Waals surface area contributed by atoms with Crippen LogP contribution in [0.15, 0.2) is 18.2 Å². The third kappa shape index (κ3) is 4.16. The number of amides is 1. The minimum atomic E-state index is -0.497. The SMILES string of the molecule is COC(=O)c1cc(NCC(=O)N2C(C)CCCC2C)ccc1Cl. The fraction of sp³-hybridized carbons (Fsp3) is 0.529. The van der Waals surface area contributed by atoms with Gasteiger partial charge in [-0.25, -0.2) is 4.79 Å². The molecule has 1 heterocycles. The van der Waals surface area contributed by atoms with Gasteiger partial charge in [0.2, 0.25) is 5.91 Å². The van der Waals surface area contributed by atoms with E-state index in [9.17, 15) is 9.59 Å². The van der Waals surface area contributed by atoms with Gasteiger partial charge >= 0.3 is 5.97 Å². The molecule has 1 aliphatic heterocycles. The number of esters is 1. The predicted molar refractivity (Wildman–Crippen MR) is 90.9 cm³/mol. The smallest absolute Gasteiger partial charge is 0.339 e. The first-order chi connectivity index (χ1) is 10.9. The molecule has 1 aromatic carbocycles. The third-order valence-electron chi connectivity index (χ3n) is 4.30. The van der Waals surface area contributed by atoms with Crippen LogP contribution in [0.2, 0.25) is 5.02 Å². The second-order valence-corrected chi connectivity index (χ2v) is 6.38. The Hall–Kier alpha value is -1.75. The fourth-order valence-corrected chi connectivity index (χ4v) is 3.28. The number of benzene rings is 1. The van der Waals surface area contributed by atoms with Crippen molar-refractivity contribution in [1.29, 1.82) is 0 Å². The molecule has 2 unspecified atom stereocenters. The largest absolute Gasteiger partial charge is 0.465 e. The van der Waals surface area contributed by atoms with E-state index in [2.05, 4.69) is 19.2 Å². The molecule has 0 radical (unpaired) electrons. The van der Waals surface area contributed by atoms with Crippen LogP contribution in [0.5, 0.6) is 0 Å². The summed E-state index contributed by atoms with van der Waals surface area (Å²) in [4.78, 5) is 26.1. The zero-order valence-corrected chi connectivity index (χ0v) is 14.5. The summed E-state index contributed by atoms with van der Waals surface area (Å²) in [7, 11) is 1.31. The van der Waals surface area contributed by atoms with Crippen LogP contribution in [-0.2, 0) is 9.53 Å². The number of anilines is 1. The first-order valence-electron chi connectivity index (χ1n) is 7.87. The second-order valence-electron chi connectivity index (χ2n) is 5.97. The highest BCUT2D eigenvalue weighted by molar-refractivity contribution is 6.33. The topological polar surface area (TPSA) is 58.6 Å². The maximum atomic E-state index is 12.5. The molecule has 0 aromatic heterocycles. The van der Waals surface area contributed by atoms with Crippen molar-refractivity contribution in [3.63, 3.8) is 0 Å². The monoisotopic (exact) mass is 338 g/mol. The predicted octanol–water partition coefficient (Wildman–Crippen LogP) is 3.33. The Morgan fingerprint density at radius 1 is 1.30 bits per heavy atom. The number of carbonyl (C=O) groups excluding carboxylic acids is 2. The van der Waals surface area contributed by atoms with Gasteiger partial charge in [-0.2, -0.15) is 0 Å². The molecule has 0 saturated carbocycles. The van der Waals surface area contributed by atoms with Crippen LogP contribution in [-0.4, -0.2) is 42.5 Å². The van der Waals surface area contributed by atoms with E-state index in [1.807, 2.05) is 4.90 Å². The van der Waals surface area contributed by atoms with Crippen molar-refractivity contribution >= 4 is 29.2 Å². The number of rotatable bonds is 4. The molecule has 126 valence electrons. The molecule has 0 spiro atoms. The molecule has 2 rings (SSSR count). The number of piperidine rings is 1. The first-order valence-corrected chi connectivity index (χ1v) is 8.24. The zero-order valence-electron chi connectivity index (χ0n) is 13.8. The molecule has 1 aromatic rings. The van der Waals surface area contributed by atoms with Crippen LogP contribution in [0.4, 0.5) is 5.69 Å². The minimum Gasteiger partial charge on any atom is -0.465 e. The summed E-state index contributed by atoms with van der Waals surface area (Å²) >= 11 is 5.99. The summed E-state index contributed by atoms with van der Waals surface area (Å²) in [6.45, 7) is 4.37. The van der Waals surface area contributed by atoms with Crippen molar-refractivity contribution < 1.29 is 14.3 Å². The van der Waals surface area contributed by atoms with E-state index in [1.54, 1.807) is 18.2 Å². The van der Waals surface area contributed by atoms with E-state index in [1.165, 1.54) is 13.5 Å². The van der Waals surface area contributed by atoms with E-state index in [0.717, 1.165) is 12.8 Å². The number of ether oxygens (including phenoxy) is 1. The Morgan fingerprint density at radius 2 is 1.96 bits per heavy atom. The van der Waals surface area contributed by atoms with Gasteiger partial charge < -0.3 is 15.0 Å². The van der Waals surface area contributed by atoms with Crippen LogP contribution >= 0.6 is 11.6 Å². The van der Waals surface area contributed by atoms with Crippen molar-refractivity contribution in [2.75, 3.05) is 19.0 Å². The van der Waals surface area contributed by atoms with Crippen LogP contribution in [0.25, 0.3) is 0 Å². The zero-order chi connectivity index (χ0) is 17.0. The van der Waals surface area contributed by atoms with Crippen LogP contribution in [0.3, 0.4) is 0 Å². The Labute approximate surface area is 141 Å². The molecular weight excluding hydrogens is 316 g/mol. The molecule has 0 aliphatic carbocycles. The lowest BCUT2D eigenvalue weighted by Crippen LogP contribution is -2.49. The molecular formula is C17H23ClN2O3. The van der Waals surface area contributed by atoms with Crippen molar-refractivity contribution in [2.24, 2.45) is 0 Å². The van der Waals surface area contributed by atoms with Crippen molar-refractivity contribution in [1.82, 2.24) is 4.90 Å². The Morgan fingerprint density at radius 3 is 2.57 bits per heavy atom. The molecule has 0 bridgehead atoms. The quantitative estimate of drug-likeness (QED) is 0.855. The van der Waals surface area contributed by atoms with Gasteiger partial charge in [-0.05, 0) is 51.3 Å². The highest BCUT2D eigenvalue weighted by Crippen LogP contribution is 2.24. The van der Waals surface area contributed by atoms with Gasteiger partial charge in [0.25, 0.3) is 0 Å². The number of hydrogen-bond acceptors (Lipinski definition) is 4. The number of halogens is 1. The maximum absolute atomic E-state index is 12.5. The average molecular weight is 339 g/mol. The third-order valence-corrected chi connectivity index (χ3v) is 4.63. The van der Waals surface area contributed by atoms with Gasteiger partial charge in [-0.3, -0.25) is 4.79 Å². The average Bonchev–Trinajstić information content (AvgIpc) is 2.53. The lowest BCUT2D eigenvalue weighted by atomic mass is 9.97. The van der Waals surface area contributed by atoms with Gasteiger partial charge in [0.05, 0.1) is 24.2 Å². The lowest BCUT2D eigenvalue weighted by Gasteiger charge is -2.39. The van der Waals surface area contributed by atoms with E-state index in [4.69, 9.17) is 16.3 Å². The Balaban J connectivity index is 2.03. The Kier molecular flexibility index (Phi) is 5.88. The number of nitrogens with zero attached hydrogens (tertiary/aromatic N) is 1. The highest BCUT2D eigenvalue weighted by atomic mass is 35.5. The molecule has 1 aliphatic rings. The molecule has 1 N–H and O–H groups in total. The summed E-state index contributed by atoms with van der Waals surface area (Å²) in [5.41, 5.74) is 0.951. The number of nitrogens with one attached hydrogen (secondary N) is 1. The fourth-order valence-electron chi connectivity index (χ4n) is 3.08. The molecule has 1 fully saturated rings. The Bertz CT molecular complexity index is 581. The standard InChI is InChI=1S/C17H23ClN2O3/c1-11-5-4-6-12(2)20(11)16(21)10-19-13-7-8-15(18)14(9-13)17(22)23-3/h7-9,11-12,19H,4-6,10H2,1-3H3. The second kappa shape index (κ2) is 7.68. The van der Waals surface area contributed by atoms with Gasteiger partial charge in [-0.1, -0.05) is 11.6 Å². The number of likely N-dealkylation sites (tertiary alicyclic amines) is 1. The lowest BCUT2D eigenvalue weighted by molar-refractivity contribution is -0.135. The minimum absolute atomic E-state index is 0.0688. The van der Waals surface area contributed by atoms with E-state index in [-0.39, 0.29) is 30.1 Å². The molecule has 1 saturated heterocycles. The van der Waals surface area contributed by atoms with Gasteiger partial charge in [0, 0.05) is 17.8 Å². The van der Waals surface area contributed by atoms with Crippen LogP contribution in [0, 0.1) is 0 Å². The summed E-state index contributed by atoms with van der Waals surface area (Å²) in [6.07, 6.45) is 3.26. The molecule has 23 heavy (non-hydrogen) atoms. The molecule has 1 amide bonds. The number of carbonyl (C=O) groups is 2. The van der Waals surface area contributed by atoms with Crippen molar-refractivity contribution in [2.45, 2.75) is 45.2 Å². The van der Waals surface area contributed by atoms with E-state index in [0.29, 0.717) is 10.7 Å². The van der Waals surface area contributed by atoms with Gasteiger partial charge in [0.15, 0.2) is 0 Å². The maximum Gasteiger partial charge on any atom is 0.339 e. The first kappa shape index (κ1) is 17.6. The van der Waals surface area contributed by atoms with Crippen molar-refractivity contribution in [3.05, 3.63) is 28.8 Å². The summed E-state index contributed by atoms with van der Waals surface area (Å²) < 4.78 is 4.69. The summed E-state index contributed by atoms with van der Waals surface area (Å²) in [5, 5.41) is 3.40. The summed E-state index contributed by atoms with van der Waals surface area (Å²) in [6, 6.07) is 5.50.